The van der Waals surface area contributed by atoms with E-state index in [1.54, 1.807) is 11.8 Å². The van der Waals surface area contributed by atoms with Crippen LogP contribution in [0.25, 0.3) is 0 Å². The van der Waals surface area contributed by atoms with Crippen molar-refractivity contribution in [3.63, 3.8) is 0 Å². The molecule has 2 aliphatic heterocycles. The van der Waals surface area contributed by atoms with Gasteiger partial charge in [0.25, 0.3) is 5.91 Å². The molecule has 8 heteroatoms. The average molecular weight is 412 g/mol. The number of ether oxygens (including phenoxy) is 1. The van der Waals surface area contributed by atoms with E-state index in [0.717, 1.165) is 35.7 Å². The number of piperidine rings is 1. The van der Waals surface area contributed by atoms with E-state index in [1.807, 2.05) is 30.0 Å². The summed E-state index contributed by atoms with van der Waals surface area (Å²) in [6.07, 6.45) is 2.66. The van der Waals surface area contributed by atoms with Gasteiger partial charge in [0.05, 0.1) is 5.69 Å². The number of aryl methyl sites for hydroxylation is 2. The average Bonchev–Trinajstić information content (AvgIpc) is 3.17. The van der Waals surface area contributed by atoms with Crippen molar-refractivity contribution in [3.8, 4) is 5.75 Å². The van der Waals surface area contributed by atoms with Crippen molar-refractivity contribution in [2.24, 2.45) is 0 Å². The Bertz CT molecular complexity index is 946. The van der Waals surface area contributed by atoms with E-state index in [4.69, 9.17) is 9.26 Å². The Morgan fingerprint density at radius 2 is 2.00 bits per heavy atom. The lowest BCUT2D eigenvalue weighted by Gasteiger charge is -2.37. The Balaban J connectivity index is 1.30. The molecule has 4 rings (SSSR count). The molecule has 8 nitrogen and oxygen atoms in total. The third kappa shape index (κ3) is 4.04. The minimum absolute atomic E-state index is 0.0459. The normalized spacial score (nSPS) is 18.2. The van der Waals surface area contributed by atoms with Gasteiger partial charge in [0, 0.05) is 38.4 Å². The summed E-state index contributed by atoms with van der Waals surface area (Å²) < 4.78 is 10.6. The summed E-state index contributed by atoms with van der Waals surface area (Å²) in [5, 5.41) is 4.08. The van der Waals surface area contributed by atoms with Gasteiger partial charge < -0.3 is 19.1 Å². The quantitative estimate of drug-likeness (QED) is 0.750. The monoisotopic (exact) mass is 412 g/mol. The molecule has 30 heavy (non-hydrogen) atoms. The predicted octanol–water partition coefficient (Wildman–Crippen LogP) is 2.77. The number of rotatable bonds is 5. The Morgan fingerprint density at radius 3 is 2.70 bits per heavy atom. The lowest BCUT2D eigenvalue weighted by atomic mass is 9.79. The number of amides is 2. The van der Waals surface area contributed by atoms with Crippen LogP contribution in [0.15, 0.2) is 22.7 Å². The maximum absolute atomic E-state index is 12.7. The second-order valence-electron chi connectivity index (χ2n) is 8.49. The van der Waals surface area contributed by atoms with Crippen LogP contribution < -0.4 is 9.64 Å². The molecule has 0 bridgehead atoms. The van der Waals surface area contributed by atoms with Crippen LogP contribution in [0.2, 0.25) is 0 Å². The van der Waals surface area contributed by atoms with Gasteiger partial charge in [0.15, 0.2) is 12.4 Å². The number of nitrogens with zero attached hydrogens (tertiary/aromatic N) is 4. The van der Waals surface area contributed by atoms with Crippen molar-refractivity contribution in [2.45, 2.75) is 51.9 Å². The smallest absolute Gasteiger partial charge is 0.265 e. The van der Waals surface area contributed by atoms with Gasteiger partial charge in [-0.3, -0.25) is 9.59 Å². The number of fused-ring (bicyclic) bond motifs is 1. The molecule has 1 saturated heterocycles. The van der Waals surface area contributed by atoms with Crippen molar-refractivity contribution in [2.75, 3.05) is 31.1 Å². The Kier molecular flexibility index (Phi) is 5.49. The highest BCUT2D eigenvalue weighted by molar-refractivity contribution is 5.98. The van der Waals surface area contributed by atoms with Crippen molar-refractivity contribution in [1.29, 1.82) is 0 Å². The van der Waals surface area contributed by atoms with Crippen LogP contribution in [0.1, 0.15) is 49.9 Å². The highest BCUT2D eigenvalue weighted by Crippen LogP contribution is 2.34. The number of carbonyl (C=O) groups is 2. The van der Waals surface area contributed by atoms with Crippen LogP contribution in [0.4, 0.5) is 5.69 Å². The molecule has 0 aliphatic carbocycles. The fraction of sp³-hybridized carbons (Fsp3) is 0.545. The van der Waals surface area contributed by atoms with E-state index in [9.17, 15) is 9.59 Å². The molecule has 0 spiro atoms. The summed E-state index contributed by atoms with van der Waals surface area (Å²) >= 11 is 0. The summed E-state index contributed by atoms with van der Waals surface area (Å²) in [6.45, 7) is 7.83. The molecule has 0 saturated carbocycles. The third-order valence-electron chi connectivity index (χ3n) is 6.12. The summed E-state index contributed by atoms with van der Waals surface area (Å²) in [7, 11) is 0. The molecule has 1 aromatic heterocycles. The summed E-state index contributed by atoms with van der Waals surface area (Å²) in [6, 6.07) is 5.82. The highest BCUT2D eigenvalue weighted by Gasteiger charge is 2.37. The molecular weight excluding hydrogens is 384 g/mol. The van der Waals surface area contributed by atoms with Crippen LogP contribution in [-0.4, -0.2) is 53.1 Å². The molecule has 3 heterocycles. The zero-order valence-corrected chi connectivity index (χ0v) is 17.8. The Hall–Kier alpha value is -2.90. The SMILES string of the molecule is Cc1ccc2c(c1)N(CCCC(=O)N1CCC(C)(c3noc(C)n3)CC1)C(=O)CO2. The summed E-state index contributed by atoms with van der Waals surface area (Å²) in [4.78, 5) is 33.1. The van der Waals surface area contributed by atoms with Crippen molar-refractivity contribution >= 4 is 17.5 Å². The first-order valence-electron chi connectivity index (χ1n) is 10.5. The van der Waals surface area contributed by atoms with E-state index in [0.29, 0.717) is 38.4 Å². The lowest BCUT2D eigenvalue weighted by molar-refractivity contribution is -0.133. The van der Waals surface area contributed by atoms with Gasteiger partial charge in [-0.1, -0.05) is 18.1 Å². The van der Waals surface area contributed by atoms with Gasteiger partial charge in [-0.15, -0.1) is 0 Å². The second kappa shape index (κ2) is 8.08. The van der Waals surface area contributed by atoms with E-state index in [2.05, 4.69) is 17.1 Å². The minimum Gasteiger partial charge on any atom is -0.482 e. The van der Waals surface area contributed by atoms with Crippen LogP contribution in [-0.2, 0) is 15.0 Å². The molecule has 0 N–H and O–H groups in total. The van der Waals surface area contributed by atoms with Crippen molar-refractivity contribution in [3.05, 3.63) is 35.5 Å². The first-order chi connectivity index (χ1) is 14.4. The van der Waals surface area contributed by atoms with Crippen LogP contribution >= 0.6 is 0 Å². The summed E-state index contributed by atoms with van der Waals surface area (Å²) in [5.74, 6) is 2.08. The number of hydrogen-bond acceptors (Lipinski definition) is 6. The molecule has 2 amide bonds. The van der Waals surface area contributed by atoms with Crippen molar-refractivity contribution in [1.82, 2.24) is 15.0 Å². The van der Waals surface area contributed by atoms with E-state index < -0.39 is 0 Å². The van der Waals surface area contributed by atoms with Gasteiger partial charge >= 0.3 is 0 Å². The number of hydrogen-bond donors (Lipinski definition) is 0. The zero-order valence-electron chi connectivity index (χ0n) is 17.8. The van der Waals surface area contributed by atoms with Crippen LogP contribution in [0.5, 0.6) is 5.75 Å². The topological polar surface area (TPSA) is 88.8 Å². The van der Waals surface area contributed by atoms with E-state index in [1.165, 1.54) is 0 Å². The maximum atomic E-state index is 12.7. The number of likely N-dealkylation sites (tertiary alicyclic amines) is 1. The maximum Gasteiger partial charge on any atom is 0.265 e. The third-order valence-corrected chi connectivity index (χ3v) is 6.12. The Labute approximate surface area is 176 Å². The molecule has 160 valence electrons. The van der Waals surface area contributed by atoms with Gasteiger partial charge in [-0.25, -0.2) is 0 Å². The molecule has 1 fully saturated rings. The number of anilines is 1. The molecule has 2 aromatic rings. The van der Waals surface area contributed by atoms with E-state index in [-0.39, 0.29) is 23.8 Å². The van der Waals surface area contributed by atoms with Crippen LogP contribution in [0.3, 0.4) is 0 Å². The fourth-order valence-corrected chi connectivity index (χ4v) is 4.12. The molecule has 2 aliphatic rings. The lowest BCUT2D eigenvalue weighted by Crippen LogP contribution is -2.44. The summed E-state index contributed by atoms with van der Waals surface area (Å²) in [5.41, 5.74) is 1.71. The largest absolute Gasteiger partial charge is 0.482 e. The first-order valence-corrected chi connectivity index (χ1v) is 10.5. The molecule has 0 atom stereocenters. The van der Waals surface area contributed by atoms with Gasteiger partial charge in [-0.05, 0) is 43.9 Å². The van der Waals surface area contributed by atoms with E-state index >= 15 is 0 Å². The minimum atomic E-state index is -0.156. The standard InChI is InChI=1S/C22H28N4O4/c1-15-6-7-18-17(13-15)26(20(28)14-29-18)10-4-5-19(27)25-11-8-22(3,9-12-25)21-23-16(2)30-24-21/h6-7,13H,4-5,8-12,14H2,1-3H3. The number of aromatic nitrogens is 2. The zero-order chi connectivity index (χ0) is 21.3. The van der Waals surface area contributed by atoms with Gasteiger partial charge in [-0.2, -0.15) is 4.98 Å². The number of carbonyl (C=O) groups excluding carboxylic acids is 2. The highest BCUT2D eigenvalue weighted by atomic mass is 16.5. The Morgan fingerprint density at radius 1 is 1.23 bits per heavy atom. The molecule has 1 aromatic carbocycles. The van der Waals surface area contributed by atoms with Crippen molar-refractivity contribution < 1.29 is 18.8 Å². The first kappa shape index (κ1) is 20.4. The number of benzene rings is 1. The van der Waals surface area contributed by atoms with Crippen LogP contribution in [0, 0.1) is 13.8 Å². The second-order valence-corrected chi connectivity index (χ2v) is 8.49. The fourth-order valence-electron chi connectivity index (χ4n) is 4.12. The van der Waals surface area contributed by atoms with Gasteiger partial charge in [0.1, 0.15) is 5.75 Å². The van der Waals surface area contributed by atoms with Gasteiger partial charge in [0.2, 0.25) is 11.8 Å². The molecule has 0 radical (unpaired) electrons. The molecule has 0 unspecified atom stereocenters. The molecular formula is C22H28N4O4. The predicted molar refractivity (Wildman–Crippen MR) is 110 cm³/mol.